The van der Waals surface area contributed by atoms with Crippen molar-refractivity contribution in [1.82, 2.24) is 0 Å². The molecule has 8 nitrogen and oxygen atoms in total. The summed E-state index contributed by atoms with van der Waals surface area (Å²) in [6.07, 6.45) is -6.73. The molecule has 0 fully saturated rings. The van der Waals surface area contributed by atoms with Crippen molar-refractivity contribution in [2.24, 2.45) is 23.2 Å². The van der Waals surface area contributed by atoms with Crippen molar-refractivity contribution >= 4 is 0 Å². The van der Waals surface area contributed by atoms with Crippen LogP contribution in [0.2, 0.25) is 0 Å². The van der Waals surface area contributed by atoms with Gasteiger partial charge < -0.3 is 40.9 Å². The summed E-state index contributed by atoms with van der Waals surface area (Å²) in [6, 6.07) is 0. The van der Waals surface area contributed by atoms with Gasteiger partial charge in [0.2, 0.25) is 0 Å². The Balaban J connectivity index is -0.000000115. The number of aliphatic hydroxyl groups is 8. The molecule has 0 bridgehead atoms. The molecule has 0 saturated carbocycles. The van der Waals surface area contributed by atoms with Gasteiger partial charge in [-0.3, -0.25) is 0 Å². The number of rotatable bonds is 9. The monoisotopic (exact) mass is 488 g/mol. The molecule has 0 aliphatic rings. The van der Waals surface area contributed by atoms with Crippen molar-refractivity contribution in [1.29, 1.82) is 0 Å². The molecule has 0 aromatic carbocycles. The zero-order chi connectivity index (χ0) is 25.9. The third-order valence-electron chi connectivity index (χ3n) is 5.76. The van der Waals surface area contributed by atoms with Crippen molar-refractivity contribution in [3.63, 3.8) is 0 Å². The van der Waals surface area contributed by atoms with E-state index in [-0.39, 0.29) is 32.1 Å². The summed E-state index contributed by atoms with van der Waals surface area (Å²) in [4.78, 5) is 0. The first-order chi connectivity index (χ1) is 13.7. The molecule has 0 aliphatic carbocycles. The van der Waals surface area contributed by atoms with Gasteiger partial charge in [-0.25, -0.2) is 0 Å². The molecular formula is C25H60O8. The molecule has 0 heterocycles. The van der Waals surface area contributed by atoms with Crippen molar-refractivity contribution in [3.05, 3.63) is 0 Å². The van der Waals surface area contributed by atoms with E-state index in [1.807, 2.05) is 27.7 Å². The summed E-state index contributed by atoms with van der Waals surface area (Å²) in [5, 5.41) is 72.8. The van der Waals surface area contributed by atoms with Crippen molar-refractivity contribution < 1.29 is 40.9 Å². The van der Waals surface area contributed by atoms with Gasteiger partial charge in [-0.05, 0) is 43.9 Å². The molecule has 0 aromatic rings. The maximum atomic E-state index is 9.57. The minimum atomic E-state index is -1.03. The fraction of sp³-hybridized carbons (Fsp3) is 1.00. The van der Waals surface area contributed by atoms with E-state index in [1.54, 1.807) is 34.6 Å². The van der Waals surface area contributed by atoms with Crippen LogP contribution < -0.4 is 0 Å². The second kappa shape index (κ2) is 19.9. The van der Waals surface area contributed by atoms with Gasteiger partial charge in [0.05, 0.1) is 36.6 Å². The first-order valence-electron chi connectivity index (χ1n) is 11.2. The lowest BCUT2D eigenvalue weighted by Gasteiger charge is -2.36. The molecule has 8 N–H and O–H groups in total. The lowest BCUT2D eigenvalue weighted by Crippen LogP contribution is -2.41. The predicted molar refractivity (Wildman–Crippen MR) is 137 cm³/mol. The van der Waals surface area contributed by atoms with E-state index in [4.69, 9.17) is 35.7 Å². The van der Waals surface area contributed by atoms with E-state index >= 15 is 0 Å². The third-order valence-corrected chi connectivity index (χ3v) is 5.76. The number of aliphatic hydroxyl groups excluding tert-OH is 8. The zero-order valence-electron chi connectivity index (χ0n) is 21.4. The first-order valence-corrected chi connectivity index (χ1v) is 11.2. The summed E-state index contributed by atoms with van der Waals surface area (Å²) in [7, 11) is 0. The van der Waals surface area contributed by atoms with Crippen molar-refractivity contribution in [2.75, 3.05) is 0 Å². The second-order valence-corrected chi connectivity index (χ2v) is 10.1. The Labute approximate surface area is 204 Å². The Bertz CT molecular complexity index is 375. The Morgan fingerprint density at radius 3 is 0.727 bits per heavy atom. The molecule has 0 rings (SSSR count). The summed E-state index contributed by atoms with van der Waals surface area (Å²) in [6.45, 7) is 19.7. The van der Waals surface area contributed by atoms with Crippen LogP contribution in [0.3, 0.4) is 0 Å². The highest BCUT2D eigenvalue weighted by Crippen LogP contribution is 2.31. The van der Waals surface area contributed by atoms with Crippen LogP contribution >= 0.6 is 0 Å². The maximum absolute atomic E-state index is 9.57. The SMILES string of the molecule is C.C.CC(C)[C@@H](O)[C@H](O)C(C)O.CC(C)[C@H](O)[C@@H](O)C(C)O.CC(O)C(O)C(C)(C)C(C)C. The summed E-state index contributed by atoms with van der Waals surface area (Å²) in [5.74, 6) is 0.321. The maximum Gasteiger partial charge on any atom is 0.106 e. The van der Waals surface area contributed by atoms with Crippen LogP contribution in [0.15, 0.2) is 0 Å². The van der Waals surface area contributed by atoms with Gasteiger partial charge in [-0.2, -0.15) is 0 Å². The van der Waals surface area contributed by atoms with Crippen LogP contribution in [0.4, 0.5) is 0 Å². The molecule has 33 heavy (non-hydrogen) atoms. The Morgan fingerprint density at radius 1 is 0.424 bits per heavy atom. The molecule has 0 spiro atoms. The van der Waals surface area contributed by atoms with Crippen LogP contribution in [-0.4, -0.2) is 89.7 Å². The highest BCUT2D eigenvalue weighted by Gasteiger charge is 2.33. The molecule has 208 valence electrons. The fourth-order valence-corrected chi connectivity index (χ4v) is 2.32. The van der Waals surface area contributed by atoms with Gasteiger partial charge in [-0.1, -0.05) is 70.2 Å². The van der Waals surface area contributed by atoms with Gasteiger partial charge in [0, 0.05) is 0 Å². The highest BCUT2D eigenvalue weighted by atomic mass is 16.4. The minimum Gasteiger partial charge on any atom is -0.391 e. The van der Waals surface area contributed by atoms with Crippen LogP contribution in [-0.2, 0) is 0 Å². The molecule has 0 aliphatic heterocycles. The van der Waals surface area contributed by atoms with Crippen LogP contribution in [0, 0.1) is 23.2 Å². The predicted octanol–water partition coefficient (Wildman–Crippen LogP) is 2.17. The van der Waals surface area contributed by atoms with Crippen molar-refractivity contribution in [3.8, 4) is 0 Å². The minimum absolute atomic E-state index is 0. The van der Waals surface area contributed by atoms with Gasteiger partial charge >= 0.3 is 0 Å². The van der Waals surface area contributed by atoms with Gasteiger partial charge in [0.15, 0.2) is 0 Å². The second-order valence-electron chi connectivity index (χ2n) is 10.1. The summed E-state index contributed by atoms with van der Waals surface area (Å²) >= 11 is 0. The van der Waals surface area contributed by atoms with Gasteiger partial charge in [0.25, 0.3) is 0 Å². The molecule has 0 aromatic heterocycles. The molecular weight excluding hydrogens is 428 g/mol. The number of hydrogen-bond donors (Lipinski definition) is 8. The molecule has 8 heteroatoms. The fourth-order valence-electron chi connectivity index (χ4n) is 2.32. The molecule has 4 unspecified atom stereocenters. The van der Waals surface area contributed by atoms with E-state index < -0.39 is 48.8 Å². The molecule has 0 saturated heterocycles. The molecule has 0 radical (unpaired) electrons. The smallest absolute Gasteiger partial charge is 0.106 e. The highest BCUT2D eigenvalue weighted by molar-refractivity contribution is 4.83. The van der Waals surface area contributed by atoms with E-state index in [0.29, 0.717) is 5.92 Å². The molecule has 8 atom stereocenters. The van der Waals surface area contributed by atoms with Crippen molar-refractivity contribution in [2.45, 2.75) is 140 Å². The zero-order valence-corrected chi connectivity index (χ0v) is 21.4. The normalized spacial score (nSPS) is 18.7. The summed E-state index contributed by atoms with van der Waals surface area (Å²) in [5.41, 5.74) is -0.214. The third kappa shape index (κ3) is 17.7. The first kappa shape index (κ1) is 42.8. The molecule has 0 amide bonds. The standard InChI is InChI=1S/C9H20O2.2C7H16O3.2CH4/c1-6(2)9(4,5)8(11)7(3)10;2*1-4(2)6(9)7(10)5(3)8;;/h6-8,10-11H,1-5H3;2*4-10H,1-3H3;2*1H4/t;2*5?,6-,7-;;/m.10../s1. The van der Waals surface area contributed by atoms with Gasteiger partial charge in [-0.15, -0.1) is 0 Å². The topological polar surface area (TPSA) is 162 Å². The average molecular weight is 489 g/mol. The number of hydrogen-bond acceptors (Lipinski definition) is 8. The van der Waals surface area contributed by atoms with Crippen LogP contribution in [0.5, 0.6) is 0 Å². The Hall–Kier alpha value is -0.320. The van der Waals surface area contributed by atoms with E-state index in [9.17, 15) is 5.11 Å². The lowest BCUT2D eigenvalue weighted by molar-refractivity contribution is -0.0688. The van der Waals surface area contributed by atoms with E-state index in [1.165, 1.54) is 13.8 Å². The van der Waals surface area contributed by atoms with E-state index in [2.05, 4.69) is 0 Å². The van der Waals surface area contributed by atoms with E-state index in [0.717, 1.165) is 0 Å². The quantitative estimate of drug-likeness (QED) is 0.245. The average Bonchev–Trinajstić information content (AvgIpc) is 2.64. The lowest BCUT2D eigenvalue weighted by atomic mass is 9.74. The summed E-state index contributed by atoms with van der Waals surface area (Å²) < 4.78 is 0. The Morgan fingerprint density at radius 2 is 0.667 bits per heavy atom. The Kier molecular flexibility index (Phi) is 25.9. The van der Waals surface area contributed by atoms with Gasteiger partial charge in [0.1, 0.15) is 12.2 Å². The van der Waals surface area contributed by atoms with Crippen LogP contribution in [0.25, 0.3) is 0 Å². The van der Waals surface area contributed by atoms with Crippen LogP contribution in [0.1, 0.15) is 91.0 Å². The largest absolute Gasteiger partial charge is 0.391 e.